The summed E-state index contributed by atoms with van der Waals surface area (Å²) in [5.41, 5.74) is 16.0. The quantitative estimate of drug-likeness (QED) is 0.790. The van der Waals surface area contributed by atoms with E-state index < -0.39 is 0 Å². The van der Waals surface area contributed by atoms with Gasteiger partial charge in [0.25, 0.3) is 0 Å². The van der Waals surface area contributed by atoms with E-state index in [0.717, 1.165) is 17.8 Å². The molecule has 0 saturated heterocycles. The molecule has 1 atom stereocenters. The molecular weight excluding hydrogens is 208 g/mol. The van der Waals surface area contributed by atoms with Crippen molar-refractivity contribution in [2.75, 3.05) is 11.5 Å². The van der Waals surface area contributed by atoms with E-state index in [1.165, 1.54) is 11.1 Å². The normalized spacial score (nSPS) is 12.3. The molecule has 0 aliphatic rings. The van der Waals surface area contributed by atoms with E-state index in [-0.39, 0.29) is 0 Å². The number of benzene rings is 2. The highest BCUT2D eigenvalue weighted by Crippen LogP contribution is 2.26. The molecule has 17 heavy (non-hydrogen) atoms. The first-order valence-electron chi connectivity index (χ1n) is 5.86. The lowest BCUT2D eigenvalue weighted by Crippen LogP contribution is -2.04. The summed E-state index contributed by atoms with van der Waals surface area (Å²) in [6.45, 7) is 2.18. The molecule has 0 aliphatic carbocycles. The van der Waals surface area contributed by atoms with E-state index in [1.54, 1.807) is 0 Å². The topological polar surface area (TPSA) is 52.0 Å². The minimum atomic E-state index is 0.376. The van der Waals surface area contributed by atoms with Crippen LogP contribution in [0.4, 0.5) is 11.4 Å². The number of para-hydroxylation sites is 2. The Morgan fingerprint density at radius 2 is 1.47 bits per heavy atom. The van der Waals surface area contributed by atoms with Crippen molar-refractivity contribution in [2.45, 2.75) is 19.3 Å². The third-order valence-electron chi connectivity index (χ3n) is 3.11. The fourth-order valence-electron chi connectivity index (χ4n) is 2.12. The zero-order valence-corrected chi connectivity index (χ0v) is 10.1. The van der Waals surface area contributed by atoms with Gasteiger partial charge in [0.2, 0.25) is 0 Å². The average Bonchev–Trinajstić information content (AvgIpc) is 2.32. The first-order valence-corrected chi connectivity index (χ1v) is 5.86. The molecule has 0 saturated carbocycles. The van der Waals surface area contributed by atoms with Crippen molar-refractivity contribution < 1.29 is 0 Å². The molecule has 0 fully saturated rings. The van der Waals surface area contributed by atoms with Crippen LogP contribution in [0.3, 0.4) is 0 Å². The lowest BCUT2D eigenvalue weighted by molar-refractivity contribution is 0.763. The second kappa shape index (κ2) is 4.91. The van der Waals surface area contributed by atoms with Crippen LogP contribution in [0.1, 0.15) is 24.0 Å². The van der Waals surface area contributed by atoms with Crippen molar-refractivity contribution in [1.82, 2.24) is 0 Å². The summed E-state index contributed by atoms with van der Waals surface area (Å²) < 4.78 is 0. The zero-order valence-electron chi connectivity index (χ0n) is 10.1. The maximum Gasteiger partial charge on any atom is 0.0349 e. The summed E-state index contributed by atoms with van der Waals surface area (Å²) >= 11 is 0. The van der Waals surface area contributed by atoms with Crippen LogP contribution in [-0.4, -0.2) is 0 Å². The van der Waals surface area contributed by atoms with Crippen LogP contribution in [0.2, 0.25) is 0 Å². The van der Waals surface area contributed by atoms with E-state index in [0.29, 0.717) is 5.92 Å². The molecule has 0 aromatic heterocycles. The monoisotopic (exact) mass is 226 g/mol. The Bertz CT molecular complexity index is 506. The van der Waals surface area contributed by atoms with Gasteiger partial charge in [-0.2, -0.15) is 0 Å². The highest BCUT2D eigenvalue weighted by atomic mass is 14.6. The predicted octanol–water partition coefficient (Wildman–Crippen LogP) is 3.20. The van der Waals surface area contributed by atoms with Crippen molar-refractivity contribution in [3.05, 3.63) is 59.7 Å². The van der Waals surface area contributed by atoms with E-state index in [4.69, 9.17) is 11.5 Å². The zero-order chi connectivity index (χ0) is 12.3. The van der Waals surface area contributed by atoms with Crippen LogP contribution < -0.4 is 11.5 Å². The fraction of sp³-hybridized carbons (Fsp3) is 0.200. The first kappa shape index (κ1) is 11.5. The summed E-state index contributed by atoms with van der Waals surface area (Å²) in [4.78, 5) is 0. The fourth-order valence-corrected chi connectivity index (χ4v) is 2.12. The van der Waals surface area contributed by atoms with E-state index in [9.17, 15) is 0 Å². The molecule has 1 unspecified atom stereocenters. The lowest BCUT2D eigenvalue weighted by atomic mass is 9.92. The molecule has 0 amide bonds. The van der Waals surface area contributed by atoms with Crippen molar-refractivity contribution in [2.24, 2.45) is 0 Å². The molecule has 2 heteroatoms. The molecule has 0 radical (unpaired) electrons. The highest BCUT2D eigenvalue weighted by molar-refractivity contribution is 5.51. The Hall–Kier alpha value is -1.96. The summed E-state index contributed by atoms with van der Waals surface area (Å²) in [6, 6.07) is 16.0. The lowest BCUT2D eigenvalue weighted by Gasteiger charge is -2.15. The third-order valence-corrected chi connectivity index (χ3v) is 3.11. The summed E-state index contributed by atoms with van der Waals surface area (Å²) in [6.07, 6.45) is 0.918. The van der Waals surface area contributed by atoms with Gasteiger partial charge < -0.3 is 11.5 Å². The Morgan fingerprint density at radius 3 is 2.12 bits per heavy atom. The van der Waals surface area contributed by atoms with Gasteiger partial charge in [-0.05, 0) is 35.6 Å². The van der Waals surface area contributed by atoms with Gasteiger partial charge in [0.1, 0.15) is 0 Å². The second-order valence-electron chi connectivity index (χ2n) is 4.43. The van der Waals surface area contributed by atoms with Crippen LogP contribution >= 0.6 is 0 Å². The standard InChI is InChI=1S/C15H18N2/c1-11(13-7-3-5-9-15(13)17)10-12-6-2-4-8-14(12)16/h2-9,11H,10,16-17H2,1H3. The minimum absolute atomic E-state index is 0.376. The minimum Gasteiger partial charge on any atom is -0.399 e. The highest BCUT2D eigenvalue weighted by Gasteiger charge is 2.10. The SMILES string of the molecule is CC(Cc1ccccc1N)c1ccccc1N. The second-order valence-corrected chi connectivity index (χ2v) is 4.43. The van der Waals surface area contributed by atoms with Crippen LogP contribution in [-0.2, 0) is 6.42 Å². The molecule has 0 aliphatic heterocycles. The molecule has 88 valence electrons. The van der Waals surface area contributed by atoms with Crippen LogP contribution in [0.25, 0.3) is 0 Å². The maximum absolute atomic E-state index is 5.98. The molecular formula is C15H18N2. The van der Waals surface area contributed by atoms with Gasteiger partial charge in [0, 0.05) is 11.4 Å². The number of anilines is 2. The van der Waals surface area contributed by atoms with Crippen LogP contribution in [0.15, 0.2) is 48.5 Å². The van der Waals surface area contributed by atoms with Gasteiger partial charge in [-0.1, -0.05) is 43.3 Å². The van der Waals surface area contributed by atoms with Crippen molar-refractivity contribution in [1.29, 1.82) is 0 Å². The average molecular weight is 226 g/mol. The number of rotatable bonds is 3. The Balaban J connectivity index is 2.20. The molecule has 0 spiro atoms. The van der Waals surface area contributed by atoms with Gasteiger partial charge in [-0.15, -0.1) is 0 Å². The molecule has 2 nitrogen and oxygen atoms in total. The number of hydrogen-bond donors (Lipinski definition) is 2. The number of nitrogen functional groups attached to an aromatic ring is 2. The largest absolute Gasteiger partial charge is 0.399 e. The van der Waals surface area contributed by atoms with Crippen LogP contribution in [0, 0.1) is 0 Å². The van der Waals surface area contributed by atoms with Crippen molar-refractivity contribution in [3.8, 4) is 0 Å². The molecule has 4 N–H and O–H groups in total. The van der Waals surface area contributed by atoms with Crippen LogP contribution in [0.5, 0.6) is 0 Å². The van der Waals surface area contributed by atoms with Gasteiger partial charge in [-0.25, -0.2) is 0 Å². The predicted molar refractivity (Wildman–Crippen MR) is 73.8 cm³/mol. The summed E-state index contributed by atoms with van der Waals surface area (Å²) in [7, 11) is 0. The molecule has 0 heterocycles. The first-order chi connectivity index (χ1) is 8.18. The molecule has 2 aromatic carbocycles. The molecule has 2 rings (SSSR count). The third kappa shape index (κ3) is 2.59. The van der Waals surface area contributed by atoms with Crippen molar-refractivity contribution in [3.63, 3.8) is 0 Å². The Kier molecular flexibility index (Phi) is 3.33. The number of hydrogen-bond acceptors (Lipinski definition) is 2. The molecule has 2 aromatic rings. The van der Waals surface area contributed by atoms with Gasteiger partial charge in [-0.3, -0.25) is 0 Å². The summed E-state index contributed by atoms with van der Waals surface area (Å²) in [5.74, 6) is 0.376. The maximum atomic E-state index is 5.98. The molecule has 0 bridgehead atoms. The van der Waals surface area contributed by atoms with E-state index >= 15 is 0 Å². The van der Waals surface area contributed by atoms with Gasteiger partial charge in [0.15, 0.2) is 0 Å². The Labute approximate surface area is 102 Å². The van der Waals surface area contributed by atoms with E-state index in [2.05, 4.69) is 19.1 Å². The number of nitrogens with two attached hydrogens (primary N) is 2. The smallest absolute Gasteiger partial charge is 0.0349 e. The van der Waals surface area contributed by atoms with E-state index in [1.807, 2.05) is 36.4 Å². The van der Waals surface area contributed by atoms with Gasteiger partial charge in [0.05, 0.1) is 0 Å². The van der Waals surface area contributed by atoms with Crippen molar-refractivity contribution >= 4 is 11.4 Å². The Morgan fingerprint density at radius 1 is 0.882 bits per heavy atom. The summed E-state index contributed by atoms with van der Waals surface area (Å²) in [5, 5.41) is 0. The van der Waals surface area contributed by atoms with Gasteiger partial charge >= 0.3 is 0 Å².